The Morgan fingerprint density at radius 1 is 1.35 bits per heavy atom. The first-order chi connectivity index (χ1) is 12.2. The number of hydrogen-bond acceptors (Lipinski definition) is 4. The van der Waals surface area contributed by atoms with Crippen LogP contribution in [0.1, 0.15) is 19.8 Å². The van der Waals surface area contributed by atoms with Gasteiger partial charge in [-0.1, -0.05) is 0 Å². The molecule has 1 aliphatic rings. The summed E-state index contributed by atoms with van der Waals surface area (Å²) >= 11 is 0. The fourth-order valence-electron chi connectivity index (χ4n) is 2.60. The number of nitrogens with zero attached hydrogens (tertiary/aromatic N) is 4. The highest BCUT2D eigenvalue weighted by molar-refractivity contribution is 7.90. The fourth-order valence-corrected chi connectivity index (χ4v) is 3.58. The Labute approximate surface area is 150 Å². The molecule has 0 atom stereocenters. The van der Waals surface area contributed by atoms with Gasteiger partial charge >= 0.3 is 15.5 Å². The number of rotatable bonds is 6. The molecule has 8 nitrogen and oxygen atoms in total. The number of halogens is 3. The first-order valence-corrected chi connectivity index (χ1v) is 9.76. The largest absolute Gasteiger partial charge is 0.511 e. The van der Waals surface area contributed by atoms with Gasteiger partial charge in [0.25, 0.3) is 0 Å². The molecule has 1 aliphatic heterocycles. The summed E-state index contributed by atoms with van der Waals surface area (Å²) in [6.07, 6.45) is 4.06. The Bertz CT molecular complexity index is 682. The van der Waals surface area contributed by atoms with Crippen molar-refractivity contribution in [3.63, 3.8) is 0 Å². The zero-order valence-electron chi connectivity index (χ0n) is 14.4. The highest BCUT2D eigenvalue weighted by atomic mass is 32.2. The summed E-state index contributed by atoms with van der Waals surface area (Å²) in [7, 11) is -5.25. The Balaban J connectivity index is 1.87. The summed E-state index contributed by atoms with van der Waals surface area (Å²) in [6, 6.07) is 1.67. The van der Waals surface area contributed by atoms with Gasteiger partial charge in [0, 0.05) is 38.1 Å². The number of aromatic nitrogens is 2. The van der Waals surface area contributed by atoms with Crippen LogP contribution in [0.5, 0.6) is 0 Å². The molecule has 0 bridgehead atoms. The van der Waals surface area contributed by atoms with Crippen LogP contribution in [-0.4, -0.2) is 66.2 Å². The maximum absolute atomic E-state index is 12.6. The van der Waals surface area contributed by atoms with Crippen LogP contribution in [0.25, 0.3) is 0 Å². The van der Waals surface area contributed by atoms with E-state index in [1.807, 2.05) is 19.2 Å². The summed E-state index contributed by atoms with van der Waals surface area (Å²) in [5, 5.41) is 10.3. The van der Waals surface area contributed by atoms with Crippen molar-refractivity contribution in [1.82, 2.24) is 24.7 Å². The van der Waals surface area contributed by atoms with E-state index in [0.29, 0.717) is 29.9 Å². The lowest BCUT2D eigenvalue weighted by molar-refractivity contribution is -0.0494. The van der Waals surface area contributed by atoms with Crippen molar-refractivity contribution in [2.24, 2.45) is 4.99 Å². The highest BCUT2D eigenvalue weighted by Gasteiger charge is 2.50. The summed E-state index contributed by atoms with van der Waals surface area (Å²) in [5.74, 6) is 0.553. The molecular formula is C14H23F3N6O2S. The Kier molecular flexibility index (Phi) is 6.87. The first-order valence-electron chi connectivity index (χ1n) is 8.32. The molecule has 0 unspecified atom stereocenters. The zero-order valence-corrected chi connectivity index (χ0v) is 15.2. The van der Waals surface area contributed by atoms with E-state index in [0.717, 1.165) is 0 Å². The molecule has 0 saturated carbocycles. The smallest absolute Gasteiger partial charge is 0.357 e. The van der Waals surface area contributed by atoms with Crippen molar-refractivity contribution in [3.05, 3.63) is 18.5 Å². The molecule has 0 aromatic carbocycles. The van der Waals surface area contributed by atoms with E-state index < -0.39 is 15.5 Å². The van der Waals surface area contributed by atoms with Crippen molar-refractivity contribution in [1.29, 1.82) is 0 Å². The van der Waals surface area contributed by atoms with Gasteiger partial charge in [-0.3, -0.25) is 9.67 Å². The van der Waals surface area contributed by atoms with Crippen molar-refractivity contribution < 1.29 is 21.6 Å². The number of alkyl halides is 3. The number of sulfonamides is 1. The lowest BCUT2D eigenvalue weighted by atomic mass is 10.1. The van der Waals surface area contributed by atoms with Crippen LogP contribution < -0.4 is 10.6 Å². The van der Waals surface area contributed by atoms with E-state index >= 15 is 0 Å². The molecule has 1 aromatic rings. The molecule has 0 aliphatic carbocycles. The number of aliphatic imine (C=N–C) groups is 1. The minimum Gasteiger partial charge on any atom is -0.357 e. The molecule has 2 rings (SSSR count). The van der Waals surface area contributed by atoms with Gasteiger partial charge in [-0.25, -0.2) is 8.42 Å². The Morgan fingerprint density at radius 2 is 2.04 bits per heavy atom. The maximum atomic E-state index is 12.6. The van der Waals surface area contributed by atoms with Crippen LogP contribution in [0, 0.1) is 0 Å². The third kappa shape index (κ3) is 5.34. The molecule has 12 heteroatoms. The minimum atomic E-state index is -5.25. The second kappa shape index (κ2) is 8.71. The molecule has 0 radical (unpaired) electrons. The first kappa shape index (κ1) is 20.5. The van der Waals surface area contributed by atoms with Crippen molar-refractivity contribution >= 4 is 16.0 Å². The van der Waals surface area contributed by atoms with Gasteiger partial charge in [-0.2, -0.15) is 22.6 Å². The molecule has 2 N–H and O–H groups in total. The van der Waals surface area contributed by atoms with Gasteiger partial charge < -0.3 is 10.6 Å². The second-order valence-corrected chi connectivity index (χ2v) is 7.73. The van der Waals surface area contributed by atoms with Gasteiger partial charge in [0.15, 0.2) is 5.96 Å². The van der Waals surface area contributed by atoms with Gasteiger partial charge in [-0.15, -0.1) is 0 Å². The fraction of sp³-hybridized carbons (Fsp3) is 0.714. The normalized spacial score (nSPS) is 18.1. The van der Waals surface area contributed by atoms with Crippen LogP contribution in [0.2, 0.25) is 0 Å². The quantitative estimate of drug-likeness (QED) is 0.547. The summed E-state index contributed by atoms with van der Waals surface area (Å²) in [6.45, 7) is 3.28. The molecule has 2 heterocycles. The minimum absolute atomic E-state index is 0.141. The van der Waals surface area contributed by atoms with Crippen molar-refractivity contribution in [2.75, 3.05) is 26.2 Å². The van der Waals surface area contributed by atoms with Crippen LogP contribution in [0.4, 0.5) is 13.2 Å². The molecular weight excluding hydrogens is 373 g/mol. The SMILES string of the molecule is CCNC(=NCCn1cccn1)NC1CCN(S(=O)(=O)C(F)(F)F)CC1. The molecule has 148 valence electrons. The molecule has 1 aromatic heterocycles. The maximum Gasteiger partial charge on any atom is 0.511 e. The molecule has 26 heavy (non-hydrogen) atoms. The topological polar surface area (TPSA) is 91.6 Å². The van der Waals surface area contributed by atoms with Crippen molar-refractivity contribution in [2.45, 2.75) is 37.9 Å². The van der Waals surface area contributed by atoms with E-state index in [1.54, 1.807) is 10.9 Å². The average molecular weight is 396 g/mol. The van der Waals surface area contributed by atoms with Gasteiger partial charge in [0.05, 0.1) is 13.1 Å². The number of hydrogen-bond donors (Lipinski definition) is 2. The number of piperidine rings is 1. The molecule has 1 saturated heterocycles. The van der Waals surface area contributed by atoms with E-state index in [2.05, 4.69) is 20.7 Å². The molecule has 0 amide bonds. The predicted octanol–water partition coefficient (Wildman–Crippen LogP) is 0.752. The Hall–Kier alpha value is -1.82. The van der Waals surface area contributed by atoms with Gasteiger partial charge in [-0.05, 0) is 25.8 Å². The standard InChI is InChI=1S/C14H23F3N6O2S/c1-2-18-13(19-7-11-22-8-3-6-20-22)21-12-4-9-23(10-5-12)26(24,25)14(15,16)17/h3,6,8,12H,2,4-5,7,9-11H2,1H3,(H2,18,19,21). The Morgan fingerprint density at radius 3 is 2.58 bits per heavy atom. The summed E-state index contributed by atoms with van der Waals surface area (Å²) < 4.78 is 62.9. The van der Waals surface area contributed by atoms with Gasteiger partial charge in [0.2, 0.25) is 0 Å². The zero-order chi connectivity index (χ0) is 19.2. The van der Waals surface area contributed by atoms with Crippen LogP contribution in [-0.2, 0) is 16.6 Å². The summed E-state index contributed by atoms with van der Waals surface area (Å²) in [5.41, 5.74) is -5.25. The second-order valence-electron chi connectivity index (χ2n) is 5.80. The number of nitrogens with one attached hydrogen (secondary N) is 2. The lowest BCUT2D eigenvalue weighted by Gasteiger charge is -2.32. The predicted molar refractivity (Wildman–Crippen MR) is 90.9 cm³/mol. The third-order valence-electron chi connectivity index (χ3n) is 3.93. The lowest BCUT2D eigenvalue weighted by Crippen LogP contribution is -2.51. The van der Waals surface area contributed by atoms with Crippen LogP contribution in [0.3, 0.4) is 0 Å². The number of guanidine groups is 1. The van der Waals surface area contributed by atoms with E-state index in [4.69, 9.17) is 0 Å². The van der Waals surface area contributed by atoms with Crippen molar-refractivity contribution in [3.8, 4) is 0 Å². The van der Waals surface area contributed by atoms with Gasteiger partial charge in [0.1, 0.15) is 0 Å². The van der Waals surface area contributed by atoms with Crippen LogP contribution >= 0.6 is 0 Å². The molecule has 0 spiro atoms. The average Bonchev–Trinajstić information content (AvgIpc) is 3.08. The molecule has 1 fully saturated rings. The van der Waals surface area contributed by atoms with E-state index in [9.17, 15) is 21.6 Å². The highest BCUT2D eigenvalue weighted by Crippen LogP contribution is 2.28. The third-order valence-corrected chi connectivity index (χ3v) is 5.56. The monoisotopic (exact) mass is 396 g/mol. The van der Waals surface area contributed by atoms with E-state index in [1.165, 1.54) is 0 Å². The summed E-state index contributed by atoms with van der Waals surface area (Å²) in [4.78, 5) is 4.41. The van der Waals surface area contributed by atoms with Crippen LogP contribution in [0.15, 0.2) is 23.5 Å². The van der Waals surface area contributed by atoms with E-state index in [-0.39, 0.29) is 32.0 Å².